The summed E-state index contributed by atoms with van der Waals surface area (Å²) in [7, 11) is 0. The summed E-state index contributed by atoms with van der Waals surface area (Å²) in [5, 5.41) is 11.0. The van der Waals surface area contributed by atoms with Crippen molar-refractivity contribution in [1.82, 2.24) is 10.2 Å². The van der Waals surface area contributed by atoms with Crippen LogP contribution in [0.2, 0.25) is 0 Å². The van der Waals surface area contributed by atoms with Gasteiger partial charge in [-0.2, -0.15) is 5.10 Å². The van der Waals surface area contributed by atoms with Crippen LogP contribution < -0.4 is 10.1 Å². The Morgan fingerprint density at radius 2 is 2.08 bits per heavy atom. The number of nitrogens with zero attached hydrogens (tertiary/aromatic N) is 1. The zero-order valence-corrected chi connectivity index (χ0v) is 14.6. The van der Waals surface area contributed by atoms with Crippen LogP contribution in [-0.2, 0) is 4.79 Å². The number of hydrogen-bond acceptors (Lipinski definition) is 3. The van der Waals surface area contributed by atoms with Crippen LogP contribution in [0.1, 0.15) is 46.5 Å². The maximum absolute atomic E-state index is 12.5. The number of rotatable bonds is 8. The van der Waals surface area contributed by atoms with E-state index < -0.39 is 0 Å². The van der Waals surface area contributed by atoms with E-state index >= 15 is 0 Å². The minimum atomic E-state index is 0.0333. The van der Waals surface area contributed by atoms with E-state index in [9.17, 15) is 4.79 Å². The Labute approximate surface area is 143 Å². The fourth-order valence-corrected chi connectivity index (χ4v) is 2.69. The smallest absolute Gasteiger partial charge is 0.228 e. The minimum Gasteiger partial charge on any atom is -0.481 e. The van der Waals surface area contributed by atoms with Crippen molar-refractivity contribution in [2.75, 3.05) is 11.9 Å². The molecule has 2 N–H and O–H groups in total. The molecule has 0 saturated heterocycles. The van der Waals surface area contributed by atoms with E-state index in [1.807, 2.05) is 18.2 Å². The summed E-state index contributed by atoms with van der Waals surface area (Å²) in [5.41, 5.74) is 0.863. The number of carbonyl (C=O) groups is 1. The Balaban J connectivity index is 2.16. The maximum atomic E-state index is 12.5. The van der Waals surface area contributed by atoms with E-state index in [0.29, 0.717) is 18.2 Å². The summed E-state index contributed by atoms with van der Waals surface area (Å²) in [6, 6.07) is 5.63. The first kappa shape index (κ1) is 17.9. The van der Waals surface area contributed by atoms with E-state index in [0.717, 1.165) is 36.6 Å². The maximum Gasteiger partial charge on any atom is 0.228 e. The van der Waals surface area contributed by atoms with Crippen LogP contribution in [0.3, 0.4) is 0 Å². The van der Waals surface area contributed by atoms with Crippen molar-refractivity contribution in [1.29, 1.82) is 0 Å². The predicted octanol–water partition coefficient (Wildman–Crippen LogP) is 4.12. The third-order valence-corrected chi connectivity index (χ3v) is 3.91. The van der Waals surface area contributed by atoms with E-state index in [4.69, 9.17) is 4.74 Å². The molecule has 0 saturated carbocycles. The van der Waals surface area contributed by atoms with Crippen molar-refractivity contribution in [3.8, 4) is 17.6 Å². The molecule has 1 aromatic carbocycles. The number of fused-ring (bicyclic) bond motifs is 1. The molecule has 24 heavy (non-hydrogen) atoms. The second kappa shape index (κ2) is 8.97. The van der Waals surface area contributed by atoms with E-state index in [2.05, 4.69) is 41.2 Å². The molecule has 0 radical (unpaired) electrons. The average Bonchev–Trinajstić information content (AvgIpc) is 2.97. The van der Waals surface area contributed by atoms with Crippen molar-refractivity contribution in [3.63, 3.8) is 0 Å². The quantitative estimate of drug-likeness (QED) is 0.717. The number of amides is 1. The SMILES string of the molecule is CC#CCOc1ccc2[nH]nc(NC(=O)C(CCC)CCC)c2c1. The second-order valence-electron chi connectivity index (χ2n) is 5.76. The molecule has 0 fully saturated rings. The number of H-pyrrole nitrogens is 1. The van der Waals surface area contributed by atoms with Crippen LogP contribution >= 0.6 is 0 Å². The van der Waals surface area contributed by atoms with Crippen LogP contribution in [-0.4, -0.2) is 22.7 Å². The molecule has 2 rings (SSSR count). The number of anilines is 1. The van der Waals surface area contributed by atoms with Gasteiger partial charge in [-0.25, -0.2) is 0 Å². The third-order valence-electron chi connectivity index (χ3n) is 3.91. The Kier molecular flexibility index (Phi) is 6.68. The summed E-state index contributed by atoms with van der Waals surface area (Å²) < 4.78 is 5.58. The van der Waals surface area contributed by atoms with Gasteiger partial charge < -0.3 is 10.1 Å². The van der Waals surface area contributed by atoms with E-state index in [1.54, 1.807) is 6.92 Å². The van der Waals surface area contributed by atoms with E-state index in [-0.39, 0.29) is 11.8 Å². The first-order valence-corrected chi connectivity index (χ1v) is 8.51. The van der Waals surface area contributed by atoms with Crippen molar-refractivity contribution >= 4 is 22.6 Å². The number of hydrogen-bond donors (Lipinski definition) is 2. The molecule has 0 aliphatic heterocycles. The van der Waals surface area contributed by atoms with Gasteiger partial charge in [0.15, 0.2) is 5.82 Å². The lowest BCUT2D eigenvalue weighted by Crippen LogP contribution is -2.23. The van der Waals surface area contributed by atoms with Gasteiger partial charge in [0.25, 0.3) is 0 Å². The van der Waals surface area contributed by atoms with Crippen LogP contribution in [0, 0.1) is 17.8 Å². The monoisotopic (exact) mass is 327 g/mol. The number of carbonyl (C=O) groups excluding carboxylic acids is 1. The molecule has 0 bridgehead atoms. The number of aromatic nitrogens is 2. The highest BCUT2D eigenvalue weighted by atomic mass is 16.5. The lowest BCUT2D eigenvalue weighted by molar-refractivity contribution is -0.120. The molecule has 0 aliphatic rings. The van der Waals surface area contributed by atoms with Gasteiger partial charge in [-0.3, -0.25) is 9.89 Å². The second-order valence-corrected chi connectivity index (χ2v) is 5.76. The molecule has 0 aliphatic carbocycles. The first-order valence-electron chi connectivity index (χ1n) is 8.51. The standard InChI is InChI=1S/C19H25N3O2/c1-4-7-12-24-15-10-11-17-16(13-15)18(22-21-17)20-19(23)14(8-5-2)9-6-3/h10-11,13-14H,5-6,8-9,12H2,1-3H3,(H2,20,21,22,23). The molecule has 128 valence electrons. The zero-order chi connectivity index (χ0) is 17.4. The summed E-state index contributed by atoms with van der Waals surface area (Å²) >= 11 is 0. The molecule has 2 aromatic rings. The molecule has 1 amide bonds. The van der Waals surface area contributed by atoms with Crippen molar-refractivity contribution in [2.24, 2.45) is 5.92 Å². The molecule has 5 heteroatoms. The van der Waals surface area contributed by atoms with Gasteiger partial charge >= 0.3 is 0 Å². The Morgan fingerprint density at radius 1 is 1.33 bits per heavy atom. The number of benzene rings is 1. The van der Waals surface area contributed by atoms with Crippen LogP contribution in [0.15, 0.2) is 18.2 Å². The first-order chi connectivity index (χ1) is 11.7. The van der Waals surface area contributed by atoms with Crippen molar-refractivity contribution in [2.45, 2.75) is 46.5 Å². The molecular formula is C19H25N3O2. The van der Waals surface area contributed by atoms with Gasteiger partial charge in [0.2, 0.25) is 5.91 Å². The predicted molar refractivity (Wildman–Crippen MR) is 97.0 cm³/mol. The van der Waals surface area contributed by atoms with Crippen molar-refractivity contribution in [3.05, 3.63) is 18.2 Å². The lowest BCUT2D eigenvalue weighted by atomic mass is 9.97. The van der Waals surface area contributed by atoms with Crippen LogP contribution in [0.5, 0.6) is 5.75 Å². The zero-order valence-electron chi connectivity index (χ0n) is 14.6. The highest BCUT2D eigenvalue weighted by Crippen LogP contribution is 2.26. The third kappa shape index (κ3) is 4.51. The molecule has 5 nitrogen and oxygen atoms in total. The fraction of sp³-hybridized carbons (Fsp3) is 0.474. The van der Waals surface area contributed by atoms with Crippen LogP contribution in [0.25, 0.3) is 10.9 Å². The summed E-state index contributed by atoms with van der Waals surface area (Å²) in [5.74, 6) is 6.99. The largest absolute Gasteiger partial charge is 0.481 e. The number of ether oxygens (including phenoxy) is 1. The van der Waals surface area contributed by atoms with Gasteiger partial charge in [-0.15, -0.1) is 5.92 Å². The van der Waals surface area contributed by atoms with E-state index in [1.165, 1.54) is 0 Å². The van der Waals surface area contributed by atoms with Gasteiger partial charge in [-0.1, -0.05) is 32.6 Å². The summed E-state index contributed by atoms with van der Waals surface area (Å²) in [6.45, 7) is 6.32. The van der Waals surface area contributed by atoms with Gasteiger partial charge in [0, 0.05) is 11.3 Å². The highest BCUT2D eigenvalue weighted by Gasteiger charge is 2.18. The number of aromatic amines is 1. The molecule has 0 spiro atoms. The number of nitrogens with one attached hydrogen (secondary N) is 2. The molecular weight excluding hydrogens is 302 g/mol. The van der Waals surface area contributed by atoms with Gasteiger partial charge in [-0.05, 0) is 38.0 Å². The Hall–Kier alpha value is -2.48. The van der Waals surface area contributed by atoms with Crippen LogP contribution in [0.4, 0.5) is 5.82 Å². The Bertz CT molecular complexity index is 734. The Morgan fingerprint density at radius 3 is 2.75 bits per heavy atom. The molecule has 0 unspecified atom stereocenters. The van der Waals surface area contributed by atoms with Gasteiger partial charge in [0.05, 0.1) is 5.52 Å². The summed E-state index contributed by atoms with van der Waals surface area (Å²) in [4.78, 5) is 12.5. The molecule has 0 atom stereocenters. The van der Waals surface area contributed by atoms with Crippen molar-refractivity contribution < 1.29 is 9.53 Å². The highest BCUT2D eigenvalue weighted by molar-refractivity contribution is 6.00. The molecule has 1 aromatic heterocycles. The minimum absolute atomic E-state index is 0.0333. The normalized spacial score (nSPS) is 10.5. The fourth-order valence-electron chi connectivity index (χ4n) is 2.69. The average molecular weight is 327 g/mol. The lowest BCUT2D eigenvalue weighted by Gasteiger charge is -2.14. The van der Waals surface area contributed by atoms with Gasteiger partial charge in [0.1, 0.15) is 12.4 Å². The molecule has 1 heterocycles. The topological polar surface area (TPSA) is 67.0 Å². The summed E-state index contributed by atoms with van der Waals surface area (Å²) in [6.07, 6.45) is 3.78.